The number of anilines is 1. The van der Waals surface area contributed by atoms with Gasteiger partial charge in [-0.3, -0.25) is 4.72 Å². The van der Waals surface area contributed by atoms with Gasteiger partial charge in [0.05, 0.1) is 9.92 Å². The molecular formula is C13H11BrClNO4S2. The molecule has 0 fully saturated rings. The van der Waals surface area contributed by atoms with Gasteiger partial charge in [0.15, 0.2) is 9.84 Å². The number of halogens is 2. The first kappa shape index (κ1) is 17.3. The highest BCUT2D eigenvalue weighted by molar-refractivity contribution is 9.10. The zero-order valence-electron chi connectivity index (χ0n) is 11.2. The predicted octanol–water partition coefficient (Wildman–Crippen LogP) is 3.31. The number of sulfonamides is 1. The van der Waals surface area contributed by atoms with Crippen molar-refractivity contribution in [1.82, 2.24) is 0 Å². The minimum absolute atomic E-state index is 0.0652. The third-order valence-electron chi connectivity index (χ3n) is 2.72. The third-order valence-corrected chi connectivity index (χ3v) is 6.20. The maximum atomic E-state index is 12.3. The van der Waals surface area contributed by atoms with Crippen molar-refractivity contribution in [1.29, 1.82) is 0 Å². The van der Waals surface area contributed by atoms with Crippen LogP contribution in [0.15, 0.2) is 56.7 Å². The normalized spacial score (nSPS) is 12.1. The number of nitrogens with one attached hydrogen (secondary N) is 1. The van der Waals surface area contributed by atoms with Crippen LogP contribution in [-0.2, 0) is 19.9 Å². The third kappa shape index (κ3) is 4.01. The van der Waals surface area contributed by atoms with Crippen LogP contribution < -0.4 is 4.72 Å². The summed E-state index contributed by atoms with van der Waals surface area (Å²) < 4.78 is 50.3. The summed E-state index contributed by atoms with van der Waals surface area (Å²) in [6, 6.07) is 9.82. The first-order chi connectivity index (χ1) is 10.1. The topological polar surface area (TPSA) is 80.3 Å². The Morgan fingerprint density at radius 3 is 2.09 bits per heavy atom. The van der Waals surface area contributed by atoms with Gasteiger partial charge in [-0.1, -0.05) is 27.5 Å². The SMILES string of the molecule is CS(=O)(=O)c1ccc(NS(=O)(=O)c2ccc(Br)cc2Cl)cc1. The standard InChI is InChI=1S/C13H11BrClNO4S2/c1-21(17,18)11-5-3-10(4-6-11)16-22(19,20)13-7-2-9(14)8-12(13)15/h2-8,16H,1H3. The summed E-state index contributed by atoms with van der Waals surface area (Å²) in [5.41, 5.74) is 0.242. The lowest BCUT2D eigenvalue weighted by Gasteiger charge is -2.10. The number of hydrogen-bond donors (Lipinski definition) is 1. The van der Waals surface area contributed by atoms with Gasteiger partial charge in [-0.15, -0.1) is 0 Å². The molecule has 1 N–H and O–H groups in total. The Bertz CT molecular complexity index is 910. The van der Waals surface area contributed by atoms with E-state index in [0.29, 0.717) is 4.47 Å². The Morgan fingerprint density at radius 2 is 1.59 bits per heavy atom. The van der Waals surface area contributed by atoms with Gasteiger partial charge in [0.2, 0.25) is 0 Å². The summed E-state index contributed by atoms with van der Waals surface area (Å²) in [7, 11) is -7.19. The highest BCUT2D eigenvalue weighted by atomic mass is 79.9. The number of benzene rings is 2. The minimum Gasteiger partial charge on any atom is -0.280 e. The molecule has 0 radical (unpaired) electrons. The molecular weight excluding hydrogens is 414 g/mol. The van der Waals surface area contributed by atoms with Crippen LogP contribution >= 0.6 is 27.5 Å². The molecule has 118 valence electrons. The molecule has 0 spiro atoms. The maximum Gasteiger partial charge on any atom is 0.263 e. The second-order valence-electron chi connectivity index (χ2n) is 4.48. The van der Waals surface area contributed by atoms with Crippen molar-refractivity contribution in [2.24, 2.45) is 0 Å². The molecule has 0 bridgehead atoms. The highest BCUT2D eigenvalue weighted by Crippen LogP contribution is 2.27. The largest absolute Gasteiger partial charge is 0.280 e. The van der Waals surface area contributed by atoms with E-state index in [1.807, 2.05) is 0 Å². The summed E-state index contributed by atoms with van der Waals surface area (Å²) in [4.78, 5) is 0.0432. The fourth-order valence-corrected chi connectivity index (χ4v) is 4.40. The van der Waals surface area contributed by atoms with E-state index in [2.05, 4.69) is 20.7 Å². The van der Waals surface area contributed by atoms with Crippen LogP contribution in [0.5, 0.6) is 0 Å². The molecule has 0 aliphatic carbocycles. The lowest BCUT2D eigenvalue weighted by Crippen LogP contribution is -2.13. The average Bonchev–Trinajstić information content (AvgIpc) is 2.37. The van der Waals surface area contributed by atoms with Crippen molar-refractivity contribution in [3.8, 4) is 0 Å². The van der Waals surface area contributed by atoms with Crippen LogP contribution in [-0.4, -0.2) is 23.1 Å². The molecule has 5 nitrogen and oxygen atoms in total. The van der Waals surface area contributed by atoms with Gasteiger partial charge in [-0.05, 0) is 42.5 Å². The Morgan fingerprint density at radius 1 is 1.00 bits per heavy atom. The lowest BCUT2D eigenvalue weighted by molar-refractivity contribution is 0.600. The molecule has 2 aromatic rings. The van der Waals surface area contributed by atoms with Crippen molar-refractivity contribution in [2.45, 2.75) is 9.79 Å². The smallest absolute Gasteiger partial charge is 0.263 e. The highest BCUT2D eigenvalue weighted by Gasteiger charge is 2.18. The molecule has 0 aliphatic rings. The Balaban J connectivity index is 2.33. The van der Waals surface area contributed by atoms with E-state index in [-0.39, 0.29) is 20.5 Å². The van der Waals surface area contributed by atoms with E-state index in [0.717, 1.165) is 6.26 Å². The van der Waals surface area contributed by atoms with Crippen molar-refractivity contribution >= 4 is 53.1 Å². The minimum atomic E-state index is -3.86. The number of hydrogen-bond acceptors (Lipinski definition) is 4. The lowest BCUT2D eigenvalue weighted by atomic mass is 10.3. The Kier molecular flexibility index (Phi) is 4.86. The van der Waals surface area contributed by atoms with Crippen LogP contribution in [0.25, 0.3) is 0 Å². The molecule has 0 unspecified atom stereocenters. The molecule has 2 aromatic carbocycles. The molecule has 9 heteroatoms. The van der Waals surface area contributed by atoms with Gasteiger partial charge < -0.3 is 0 Å². The molecule has 0 atom stereocenters. The van der Waals surface area contributed by atoms with Crippen LogP contribution in [0.4, 0.5) is 5.69 Å². The summed E-state index contributed by atoms with van der Waals surface area (Å²) in [5.74, 6) is 0. The fraction of sp³-hybridized carbons (Fsp3) is 0.0769. The van der Waals surface area contributed by atoms with E-state index in [4.69, 9.17) is 11.6 Å². The predicted molar refractivity (Wildman–Crippen MR) is 89.5 cm³/mol. The van der Waals surface area contributed by atoms with Crippen molar-refractivity contribution < 1.29 is 16.8 Å². The van der Waals surface area contributed by atoms with E-state index < -0.39 is 19.9 Å². The van der Waals surface area contributed by atoms with Crippen molar-refractivity contribution in [3.63, 3.8) is 0 Å². The molecule has 0 heterocycles. The van der Waals surface area contributed by atoms with Crippen molar-refractivity contribution in [2.75, 3.05) is 11.0 Å². The molecule has 0 aliphatic heterocycles. The van der Waals surface area contributed by atoms with Gasteiger partial charge in [0.1, 0.15) is 4.90 Å². The summed E-state index contributed by atoms with van der Waals surface area (Å²) in [6.45, 7) is 0. The molecule has 0 aromatic heterocycles. The van der Waals surface area contributed by atoms with E-state index in [1.165, 1.54) is 36.4 Å². The first-order valence-corrected chi connectivity index (χ1v) is 10.4. The zero-order chi connectivity index (χ0) is 16.5. The van der Waals surface area contributed by atoms with Crippen LogP contribution in [0.3, 0.4) is 0 Å². The van der Waals surface area contributed by atoms with Gasteiger partial charge in [0, 0.05) is 16.4 Å². The second kappa shape index (κ2) is 6.19. The van der Waals surface area contributed by atoms with Gasteiger partial charge in [-0.25, -0.2) is 16.8 Å². The van der Waals surface area contributed by atoms with Gasteiger partial charge in [0.25, 0.3) is 10.0 Å². The van der Waals surface area contributed by atoms with E-state index in [1.54, 1.807) is 6.07 Å². The Labute approximate surface area is 142 Å². The van der Waals surface area contributed by atoms with Gasteiger partial charge in [-0.2, -0.15) is 0 Å². The monoisotopic (exact) mass is 423 g/mol. The van der Waals surface area contributed by atoms with Gasteiger partial charge >= 0.3 is 0 Å². The molecule has 22 heavy (non-hydrogen) atoms. The molecule has 0 saturated heterocycles. The average molecular weight is 425 g/mol. The summed E-state index contributed by atoms with van der Waals surface area (Å²) >= 11 is 9.14. The maximum absolute atomic E-state index is 12.3. The van der Waals surface area contributed by atoms with Crippen LogP contribution in [0.2, 0.25) is 5.02 Å². The molecule has 0 saturated carbocycles. The van der Waals surface area contributed by atoms with E-state index in [9.17, 15) is 16.8 Å². The fourth-order valence-electron chi connectivity index (χ4n) is 1.67. The second-order valence-corrected chi connectivity index (χ2v) is 9.47. The molecule has 0 amide bonds. The Hall–Kier alpha value is -1.09. The quantitative estimate of drug-likeness (QED) is 0.816. The van der Waals surface area contributed by atoms with Crippen molar-refractivity contribution in [3.05, 3.63) is 52.0 Å². The zero-order valence-corrected chi connectivity index (χ0v) is 15.2. The van der Waals surface area contributed by atoms with Crippen LogP contribution in [0.1, 0.15) is 0 Å². The summed E-state index contributed by atoms with van der Waals surface area (Å²) in [5, 5.41) is 0.0784. The number of rotatable bonds is 4. The van der Waals surface area contributed by atoms with E-state index >= 15 is 0 Å². The number of sulfone groups is 1. The summed E-state index contributed by atoms with van der Waals surface area (Å²) in [6.07, 6.45) is 1.08. The molecule has 2 rings (SSSR count). The first-order valence-electron chi connectivity index (χ1n) is 5.87. The van der Waals surface area contributed by atoms with Crippen LogP contribution in [0, 0.1) is 0 Å².